The maximum atomic E-state index is 11.0. The topological polar surface area (TPSA) is 75.1 Å². The zero-order chi connectivity index (χ0) is 12.3. The van der Waals surface area contributed by atoms with Crippen LogP contribution in [0.5, 0.6) is 0 Å². The summed E-state index contributed by atoms with van der Waals surface area (Å²) in [4.78, 5) is 18.9. The van der Waals surface area contributed by atoms with Crippen LogP contribution in [0.15, 0.2) is 36.8 Å². The third kappa shape index (κ3) is 2.70. The average Bonchev–Trinajstić information content (AvgIpc) is 2.30. The van der Waals surface area contributed by atoms with E-state index in [1.807, 2.05) is 0 Å². The van der Waals surface area contributed by atoms with Crippen LogP contribution in [0.2, 0.25) is 5.02 Å². The van der Waals surface area contributed by atoms with Crippen molar-refractivity contribution in [3.63, 3.8) is 0 Å². The van der Waals surface area contributed by atoms with Gasteiger partial charge in [0.05, 0.1) is 17.4 Å². The van der Waals surface area contributed by atoms with Crippen molar-refractivity contribution >= 4 is 29.1 Å². The van der Waals surface area contributed by atoms with Crippen LogP contribution in [0.3, 0.4) is 0 Å². The number of hydrogen-bond donors (Lipinski definition) is 2. The van der Waals surface area contributed by atoms with E-state index in [-0.39, 0.29) is 5.56 Å². The molecule has 0 aliphatic rings. The molecule has 1 heterocycles. The number of anilines is 2. The second kappa shape index (κ2) is 4.80. The highest BCUT2D eigenvalue weighted by Crippen LogP contribution is 2.23. The molecule has 0 aliphatic carbocycles. The van der Waals surface area contributed by atoms with Gasteiger partial charge in [-0.15, -0.1) is 0 Å². The molecule has 0 radical (unpaired) electrons. The van der Waals surface area contributed by atoms with E-state index in [0.717, 1.165) is 0 Å². The third-order valence-electron chi connectivity index (χ3n) is 2.04. The Morgan fingerprint density at radius 3 is 2.82 bits per heavy atom. The minimum atomic E-state index is -1.03. The van der Waals surface area contributed by atoms with Gasteiger partial charge in [-0.2, -0.15) is 0 Å². The molecule has 2 N–H and O–H groups in total. The number of aromatic nitrogens is 2. The normalized spacial score (nSPS) is 9.94. The minimum Gasteiger partial charge on any atom is -0.478 e. The Bertz CT molecular complexity index is 546. The van der Waals surface area contributed by atoms with Gasteiger partial charge in [0.1, 0.15) is 5.82 Å². The fourth-order valence-corrected chi connectivity index (χ4v) is 1.48. The Balaban J connectivity index is 2.37. The summed E-state index contributed by atoms with van der Waals surface area (Å²) in [7, 11) is 0. The number of aromatic carboxylic acids is 1. The Morgan fingerprint density at radius 1 is 1.35 bits per heavy atom. The van der Waals surface area contributed by atoms with Gasteiger partial charge in [0.15, 0.2) is 0 Å². The summed E-state index contributed by atoms with van der Waals surface area (Å²) in [5.74, 6) is -0.578. The van der Waals surface area contributed by atoms with Crippen LogP contribution in [-0.4, -0.2) is 21.0 Å². The predicted molar refractivity (Wildman–Crippen MR) is 63.7 cm³/mol. The van der Waals surface area contributed by atoms with E-state index in [1.165, 1.54) is 36.8 Å². The molecular weight excluding hydrogens is 242 g/mol. The molecule has 0 unspecified atom stereocenters. The van der Waals surface area contributed by atoms with Gasteiger partial charge in [0, 0.05) is 17.4 Å². The molecular formula is C11H8ClN3O2. The zero-order valence-corrected chi connectivity index (χ0v) is 9.35. The summed E-state index contributed by atoms with van der Waals surface area (Å²) in [6.07, 6.45) is 4.53. The van der Waals surface area contributed by atoms with Crippen LogP contribution in [0.4, 0.5) is 11.5 Å². The summed E-state index contributed by atoms with van der Waals surface area (Å²) in [6.45, 7) is 0. The first-order valence-corrected chi connectivity index (χ1v) is 5.10. The predicted octanol–water partition coefficient (Wildman–Crippen LogP) is 2.57. The molecule has 0 aliphatic heterocycles. The molecule has 6 heteroatoms. The number of carbonyl (C=O) groups is 1. The highest BCUT2D eigenvalue weighted by Gasteiger charge is 2.10. The summed E-state index contributed by atoms with van der Waals surface area (Å²) in [5.41, 5.74) is 0.505. The number of carboxylic acids is 1. The van der Waals surface area contributed by atoms with Crippen LogP contribution in [0.25, 0.3) is 0 Å². The van der Waals surface area contributed by atoms with Gasteiger partial charge in [0.25, 0.3) is 0 Å². The van der Waals surface area contributed by atoms with E-state index in [1.54, 1.807) is 0 Å². The molecule has 0 atom stereocenters. The number of benzene rings is 1. The zero-order valence-electron chi connectivity index (χ0n) is 8.59. The number of halogens is 1. The van der Waals surface area contributed by atoms with Crippen LogP contribution in [0, 0.1) is 0 Å². The Hall–Kier alpha value is -2.14. The summed E-state index contributed by atoms with van der Waals surface area (Å²) in [5, 5.41) is 12.3. The Morgan fingerprint density at radius 2 is 2.18 bits per heavy atom. The molecule has 0 saturated heterocycles. The van der Waals surface area contributed by atoms with Crippen molar-refractivity contribution in [1.29, 1.82) is 0 Å². The molecule has 86 valence electrons. The average molecular weight is 250 g/mol. The summed E-state index contributed by atoms with van der Waals surface area (Å²) in [6, 6.07) is 4.48. The van der Waals surface area contributed by atoms with Crippen molar-refractivity contribution in [3.05, 3.63) is 47.4 Å². The van der Waals surface area contributed by atoms with Crippen LogP contribution >= 0.6 is 11.6 Å². The molecule has 0 bridgehead atoms. The summed E-state index contributed by atoms with van der Waals surface area (Å²) >= 11 is 5.82. The van der Waals surface area contributed by atoms with Crippen molar-refractivity contribution < 1.29 is 9.90 Å². The largest absolute Gasteiger partial charge is 0.478 e. The van der Waals surface area contributed by atoms with Crippen LogP contribution in [0.1, 0.15) is 10.4 Å². The van der Waals surface area contributed by atoms with E-state index >= 15 is 0 Å². The molecule has 17 heavy (non-hydrogen) atoms. The van der Waals surface area contributed by atoms with E-state index in [9.17, 15) is 4.79 Å². The van der Waals surface area contributed by atoms with Crippen molar-refractivity contribution in [1.82, 2.24) is 9.97 Å². The SMILES string of the molecule is O=C(O)c1ccc(Cl)cc1Nc1cnccn1. The van der Waals surface area contributed by atoms with Crippen LogP contribution in [-0.2, 0) is 0 Å². The highest BCUT2D eigenvalue weighted by atomic mass is 35.5. The van der Waals surface area contributed by atoms with Crippen molar-refractivity contribution in [3.8, 4) is 0 Å². The van der Waals surface area contributed by atoms with Crippen molar-refractivity contribution in [2.45, 2.75) is 0 Å². The summed E-state index contributed by atoms with van der Waals surface area (Å²) < 4.78 is 0. The first-order chi connectivity index (χ1) is 8.16. The lowest BCUT2D eigenvalue weighted by atomic mass is 10.2. The lowest BCUT2D eigenvalue weighted by Gasteiger charge is -2.08. The number of hydrogen-bond acceptors (Lipinski definition) is 4. The first kappa shape index (κ1) is 11.3. The standard InChI is InChI=1S/C11H8ClN3O2/c12-7-1-2-8(11(16)17)9(5-7)15-10-6-13-3-4-14-10/h1-6H,(H,14,15)(H,16,17). The Kier molecular flexibility index (Phi) is 3.20. The third-order valence-corrected chi connectivity index (χ3v) is 2.27. The van der Waals surface area contributed by atoms with E-state index in [2.05, 4.69) is 15.3 Å². The van der Waals surface area contributed by atoms with E-state index in [0.29, 0.717) is 16.5 Å². The second-order valence-electron chi connectivity index (χ2n) is 3.21. The van der Waals surface area contributed by atoms with Gasteiger partial charge >= 0.3 is 5.97 Å². The van der Waals surface area contributed by atoms with Gasteiger partial charge in [-0.25, -0.2) is 9.78 Å². The molecule has 0 amide bonds. The molecule has 5 nitrogen and oxygen atoms in total. The van der Waals surface area contributed by atoms with Crippen LogP contribution < -0.4 is 5.32 Å². The molecule has 1 aromatic carbocycles. The fraction of sp³-hybridized carbons (Fsp3) is 0. The Labute approximate surface area is 102 Å². The van der Waals surface area contributed by atoms with Crippen molar-refractivity contribution in [2.75, 3.05) is 5.32 Å². The van der Waals surface area contributed by atoms with Gasteiger partial charge in [-0.3, -0.25) is 4.98 Å². The van der Waals surface area contributed by atoms with Gasteiger partial charge in [-0.05, 0) is 18.2 Å². The lowest BCUT2D eigenvalue weighted by molar-refractivity contribution is 0.0698. The highest BCUT2D eigenvalue weighted by molar-refractivity contribution is 6.31. The number of rotatable bonds is 3. The number of nitrogens with zero attached hydrogens (tertiary/aromatic N) is 2. The van der Waals surface area contributed by atoms with E-state index in [4.69, 9.17) is 16.7 Å². The smallest absolute Gasteiger partial charge is 0.337 e. The number of carboxylic acid groups (broad SMARTS) is 1. The molecule has 0 fully saturated rings. The molecule has 1 aromatic heterocycles. The molecule has 0 saturated carbocycles. The van der Waals surface area contributed by atoms with Gasteiger partial charge in [-0.1, -0.05) is 11.6 Å². The minimum absolute atomic E-state index is 0.125. The first-order valence-electron chi connectivity index (χ1n) is 4.72. The van der Waals surface area contributed by atoms with Gasteiger partial charge in [0.2, 0.25) is 0 Å². The monoisotopic (exact) mass is 249 g/mol. The second-order valence-corrected chi connectivity index (χ2v) is 3.65. The van der Waals surface area contributed by atoms with Crippen molar-refractivity contribution in [2.24, 2.45) is 0 Å². The molecule has 2 aromatic rings. The lowest BCUT2D eigenvalue weighted by Crippen LogP contribution is -2.03. The maximum Gasteiger partial charge on any atom is 0.337 e. The quantitative estimate of drug-likeness (QED) is 0.874. The molecule has 2 rings (SSSR count). The molecule has 0 spiro atoms. The van der Waals surface area contributed by atoms with Gasteiger partial charge < -0.3 is 10.4 Å². The fourth-order valence-electron chi connectivity index (χ4n) is 1.31. The van der Waals surface area contributed by atoms with E-state index < -0.39 is 5.97 Å². The number of nitrogens with one attached hydrogen (secondary N) is 1. The maximum absolute atomic E-state index is 11.0.